The maximum Gasteiger partial charge on any atom is 0.233 e. The normalized spacial score (nSPS) is 9.85. The summed E-state index contributed by atoms with van der Waals surface area (Å²) in [5, 5.41) is 3.80. The summed E-state index contributed by atoms with van der Waals surface area (Å²) < 4.78 is 3.86. The third-order valence-corrected chi connectivity index (χ3v) is 2.11. The van der Waals surface area contributed by atoms with Gasteiger partial charge in [-0.15, -0.1) is 0 Å². The fourth-order valence-electron chi connectivity index (χ4n) is 0.931. The van der Waals surface area contributed by atoms with Gasteiger partial charge in [-0.25, -0.2) is 0 Å². The van der Waals surface area contributed by atoms with Crippen molar-refractivity contribution in [2.75, 3.05) is 11.1 Å². The van der Waals surface area contributed by atoms with Gasteiger partial charge in [0.1, 0.15) is 0 Å². The van der Waals surface area contributed by atoms with Crippen molar-refractivity contribution in [2.24, 2.45) is 0 Å². The van der Waals surface area contributed by atoms with Gasteiger partial charge in [0.05, 0.1) is 0 Å². The first-order valence-corrected chi connectivity index (χ1v) is 4.53. The van der Waals surface area contributed by atoms with E-state index in [2.05, 4.69) is 14.7 Å². The van der Waals surface area contributed by atoms with Gasteiger partial charge in [-0.2, -0.15) is 9.36 Å². The van der Waals surface area contributed by atoms with Gasteiger partial charge < -0.3 is 11.1 Å². The lowest BCUT2D eigenvalue weighted by atomic mass is 10.3. The van der Waals surface area contributed by atoms with Gasteiger partial charge in [-0.05, 0) is 12.1 Å². The van der Waals surface area contributed by atoms with E-state index in [1.807, 2.05) is 30.3 Å². The maximum absolute atomic E-state index is 5.38. The molecule has 2 aromatic rings. The predicted octanol–water partition coefficient (Wildman–Crippen LogP) is 1.86. The third kappa shape index (κ3) is 1.94. The largest absolute Gasteiger partial charge is 0.367 e. The Labute approximate surface area is 79.6 Å². The minimum Gasteiger partial charge on any atom is -0.367 e. The van der Waals surface area contributed by atoms with Crippen LogP contribution < -0.4 is 11.1 Å². The Hall–Kier alpha value is -1.62. The summed E-state index contributed by atoms with van der Waals surface area (Å²) in [6.07, 6.45) is 0. The van der Waals surface area contributed by atoms with Crippen LogP contribution in [0, 0.1) is 0 Å². The number of hydrogen-bond acceptors (Lipinski definition) is 5. The Bertz CT molecular complexity index is 384. The predicted molar refractivity (Wildman–Crippen MR) is 54.0 cm³/mol. The molecular weight excluding hydrogens is 184 g/mol. The quantitative estimate of drug-likeness (QED) is 0.762. The van der Waals surface area contributed by atoms with E-state index in [1.165, 1.54) is 11.5 Å². The van der Waals surface area contributed by atoms with E-state index in [9.17, 15) is 0 Å². The van der Waals surface area contributed by atoms with Crippen LogP contribution in [0.3, 0.4) is 0 Å². The summed E-state index contributed by atoms with van der Waals surface area (Å²) in [6, 6.07) is 9.77. The molecule has 0 saturated heterocycles. The van der Waals surface area contributed by atoms with Crippen LogP contribution in [0.15, 0.2) is 30.3 Å². The van der Waals surface area contributed by atoms with Crippen LogP contribution in [0.25, 0.3) is 0 Å². The number of rotatable bonds is 2. The fraction of sp³-hybridized carbons (Fsp3) is 0. The molecule has 0 saturated carbocycles. The number of nitrogen functional groups attached to an aromatic ring is 1. The van der Waals surface area contributed by atoms with E-state index in [0.717, 1.165) is 5.69 Å². The topological polar surface area (TPSA) is 63.8 Å². The van der Waals surface area contributed by atoms with E-state index in [1.54, 1.807) is 0 Å². The third-order valence-electron chi connectivity index (χ3n) is 1.47. The fourth-order valence-corrected chi connectivity index (χ4v) is 1.45. The van der Waals surface area contributed by atoms with Gasteiger partial charge in [0.15, 0.2) is 0 Å². The monoisotopic (exact) mass is 192 g/mol. The number of hydrogen-bond donors (Lipinski definition) is 2. The second-order valence-corrected chi connectivity index (χ2v) is 3.20. The Balaban J connectivity index is 2.15. The van der Waals surface area contributed by atoms with Crippen LogP contribution in [0.4, 0.5) is 16.8 Å². The summed E-state index contributed by atoms with van der Waals surface area (Å²) in [4.78, 5) is 3.98. The molecule has 13 heavy (non-hydrogen) atoms. The molecule has 0 spiro atoms. The van der Waals surface area contributed by atoms with Crippen LogP contribution >= 0.6 is 11.5 Å². The number of anilines is 3. The molecule has 0 amide bonds. The highest BCUT2D eigenvalue weighted by molar-refractivity contribution is 7.10. The second kappa shape index (κ2) is 3.40. The van der Waals surface area contributed by atoms with Crippen LogP contribution in [-0.2, 0) is 0 Å². The number of nitrogens with one attached hydrogen (secondary N) is 1. The summed E-state index contributed by atoms with van der Waals surface area (Å²) in [7, 11) is 0. The van der Waals surface area contributed by atoms with Crippen molar-refractivity contribution in [1.29, 1.82) is 0 Å². The first-order valence-electron chi connectivity index (χ1n) is 3.76. The van der Waals surface area contributed by atoms with E-state index in [4.69, 9.17) is 5.73 Å². The highest BCUT2D eigenvalue weighted by Gasteiger charge is 1.99. The van der Waals surface area contributed by atoms with E-state index in [-0.39, 0.29) is 0 Å². The molecule has 1 aromatic heterocycles. The summed E-state index contributed by atoms with van der Waals surface area (Å²) in [5.41, 5.74) is 6.37. The Morgan fingerprint density at radius 2 is 2.00 bits per heavy atom. The maximum atomic E-state index is 5.38. The highest BCUT2D eigenvalue weighted by Crippen LogP contribution is 2.18. The second-order valence-electron chi connectivity index (χ2n) is 2.45. The zero-order chi connectivity index (χ0) is 9.10. The number of benzene rings is 1. The summed E-state index contributed by atoms with van der Waals surface area (Å²) >= 11 is 1.25. The van der Waals surface area contributed by atoms with Gasteiger partial charge in [-0.1, -0.05) is 18.2 Å². The molecule has 0 radical (unpaired) electrons. The molecule has 1 aromatic carbocycles. The highest BCUT2D eigenvalue weighted by atomic mass is 32.1. The van der Waals surface area contributed by atoms with Crippen molar-refractivity contribution in [2.45, 2.75) is 0 Å². The van der Waals surface area contributed by atoms with Gasteiger partial charge in [0, 0.05) is 17.2 Å². The Kier molecular flexibility index (Phi) is 2.09. The lowest BCUT2D eigenvalue weighted by Crippen LogP contribution is -1.90. The Morgan fingerprint density at radius 1 is 1.23 bits per heavy atom. The lowest BCUT2D eigenvalue weighted by molar-refractivity contribution is 1.33. The zero-order valence-corrected chi connectivity index (χ0v) is 7.58. The van der Waals surface area contributed by atoms with E-state index < -0.39 is 0 Å². The van der Waals surface area contributed by atoms with E-state index >= 15 is 0 Å². The molecule has 5 heteroatoms. The molecule has 0 bridgehead atoms. The SMILES string of the molecule is Nc1nsc(Nc2ccccc2)n1. The van der Waals surface area contributed by atoms with Gasteiger partial charge in [0.25, 0.3) is 0 Å². The standard InChI is InChI=1S/C8H8N4S/c9-7-11-8(13-12-7)10-6-4-2-1-3-5-6/h1-5H,(H3,9,10,11,12). The molecule has 0 aliphatic heterocycles. The molecule has 0 aliphatic rings. The van der Waals surface area contributed by atoms with Crippen molar-refractivity contribution >= 4 is 28.3 Å². The molecule has 0 aliphatic carbocycles. The van der Waals surface area contributed by atoms with Crippen molar-refractivity contribution in [3.63, 3.8) is 0 Å². The van der Waals surface area contributed by atoms with Gasteiger partial charge in [0.2, 0.25) is 11.1 Å². The number of nitrogens with zero attached hydrogens (tertiary/aromatic N) is 2. The van der Waals surface area contributed by atoms with Crippen LogP contribution in [0.2, 0.25) is 0 Å². The van der Waals surface area contributed by atoms with Gasteiger partial charge in [-0.3, -0.25) is 0 Å². The molecule has 66 valence electrons. The molecule has 0 atom stereocenters. The summed E-state index contributed by atoms with van der Waals surface area (Å²) in [5.74, 6) is 0.309. The lowest BCUT2D eigenvalue weighted by Gasteiger charge is -1.99. The molecule has 0 unspecified atom stereocenters. The smallest absolute Gasteiger partial charge is 0.233 e. The number of para-hydroxylation sites is 1. The number of aromatic nitrogens is 2. The van der Waals surface area contributed by atoms with Crippen molar-refractivity contribution < 1.29 is 0 Å². The number of nitrogens with two attached hydrogens (primary N) is 1. The molecule has 4 nitrogen and oxygen atoms in total. The molecule has 0 fully saturated rings. The molecule has 1 heterocycles. The van der Waals surface area contributed by atoms with Crippen LogP contribution in [0.1, 0.15) is 0 Å². The van der Waals surface area contributed by atoms with Crippen molar-refractivity contribution in [1.82, 2.24) is 9.36 Å². The molecule has 2 rings (SSSR count). The summed E-state index contributed by atoms with van der Waals surface area (Å²) in [6.45, 7) is 0. The molecular formula is C8H8N4S. The van der Waals surface area contributed by atoms with Gasteiger partial charge >= 0.3 is 0 Å². The van der Waals surface area contributed by atoms with E-state index in [0.29, 0.717) is 11.1 Å². The minimum atomic E-state index is 0.309. The minimum absolute atomic E-state index is 0.309. The van der Waals surface area contributed by atoms with Crippen LogP contribution in [0.5, 0.6) is 0 Å². The zero-order valence-electron chi connectivity index (χ0n) is 6.77. The average Bonchev–Trinajstić information content (AvgIpc) is 2.53. The van der Waals surface area contributed by atoms with Crippen LogP contribution in [-0.4, -0.2) is 9.36 Å². The first-order chi connectivity index (χ1) is 6.34. The average molecular weight is 192 g/mol. The van der Waals surface area contributed by atoms with Crippen molar-refractivity contribution in [3.05, 3.63) is 30.3 Å². The van der Waals surface area contributed by atoms with Crippen molar-refractivity contribution in [3.8, 4) is 0 Å². The Morgan fingerprint density at radius 3 is 2.62 bits per heavy atom. The molecule has 3 N–H and O–H groups in total. The first kappa shape index (κ1) is 8.00.